The van der Waals surface area contributed by atoms with Gasteiger partial charge >= 0.3 is 12.1 Å². The van der Waals surface area contributed by atoms with Crippen molar-refractivity contribution < 1.29 is 33.0 Å². The first kappa shape index (κ1) is 17.5. The highest BCUT2D eigenvalue weighted by Crippen LogP contribution is 2.27. The molecule has 1 atom stereocenters. The summed E-state index contributed by atoms with van der Waals surface area (Å²) in [5, 5.41) is 2.64. The third-order valence-corrected chi connectivity index (χ3v) is 3.24. The van der Waals surface area contributed by atoms with Gasteiger partial charge in [0.05, 0.1) is 13.7 Å². The monoisotopic (exact) mass is 335 g/mol. The van der Waals surface area contributed by atoms with Crippen molar-refractivity contribution >= 4 is 28.9 Å². The van der Waals surface area contributed by atoms with Gasteiger partial charge in [0.2, 0.25) is 5.76 Å². The van der Waals surface area contributed by atoms with Crippen molar-refractivity contribution in [1.82, 2.24) is 5.32 Å². The van der Waals surface area contributed by atoms with Gasteiger partial charge in [-0.3, -0.25) is 10.1 Å². The Hall–Kier alpha value is -2.87. The van der Waals surface area contributed by atoms with E-state index in [1.54, 1.807) is 24.3 Å². The number of carbonyl (C=O) groups is 3. The average Bonchev–Trinajstić information content (AvgIpc) is 2.94. The highest BCUT2D eigenvalue weighted by Gasteiger charge is 2.26. The molecule has 24 heavy (non-hydrogen) atoms. The molecular weight excluding hydrogens is 318 g/mol. The maximum atomic E-state index is 12.3. The first-order valence-corrected chi connectivity index (χ1v) is 7.07. The number of methoxy groups -OCH3 is 2. The van der Waals surface area contributed by atoms with Gasteiger partial charge in [-0.25, -0.2) is 9.59 Å². The normalized spacial score (nSPS) is 11.8. The molecule has 1 aromatic heterocycles. The molecule has 2 aromatic rings. The van der Waals surface area contributed by atoms with Crippen LogP contribution in [0.3, 0.4) is 0 Å². The van der Waals surface area contributed by atoms with Crippen molar-refractivity contribution in [3.05, 3.63) is 35.6 Å². The molecule has 1 N–H and O–H groups in total. The number of para-hydroxylation sites is 1. The van der Waals surface area contributed by atoms with E-state index < -0.39 is 24.1 Å². The zero-order valence-electron chi connectivity index (χ0n) is 13.5. The third kappa shape index (κ3) is 3.72. The number of benzene rings is 1. The lowest BCUT2D eigenvalue weighted by atomic mass is 10.1. The molecule has 128 valence electrons. The quantitative estimate of drug-likeness (QED) is 0.833. The van der Waals surface area contributed by atoms with Crippen molar-refractivity contribution in [1.29, 1.82) is 0 Å². The number of esters is 1. The van der Waals surface area contributed by atoms with Gasteiger partial charge in [-0.05, 0) is 13.0 Å². The Morgan fingerprint density at radius 2 is 1.92 bits per heavy atom. The Morgan fingerprint density at radius 1 is 1.21 bits per heavy atom. The van der Waals surface area contributed by atoms with Crippen LogP contribution in [0.2, 0.25) is 0 Å². The lowest BCUT2D eigenvalue weighted by Gasteiger charge is -2.11. The minimum Gasteiger partial charge on any atom is -0.453 e. The SMILES string of the molecule is COCc1c(C(=O)O[C@@H](C)C(=O)NC(=O)OC)oc2ccccc12. The number of hydrogen-bond acceptors (Lipinski definition) is 7. The van der Waals surface area contributed by atoms with E-state index >= 15 is 0 Å². The van der Waals surface area contributed by atoms with Crippen LogP contribution in [0.15, 0.2) is 28.7 Å². The number of carbonyl (C=O) groups excluding carboxylic acids is 3. The summed E-state index contributed by atoms with van der Waals surface area (Å²) in [7, 11) is 2.61. The van der Waals surface area contributed by atoms with Crippen LogP contribution < -0.4 is 5.32 Å². The third-order valence-electron chi connectivity index (χ3n) is 3.24. The summed E-state index contributed by atoms with van der Waals surface area (Å²) in [6, 6.07) is 7.07. The molecule has 0 aliphatic heterocycles. The van der Waals surface area contributed by atoms with Crippen LogP contribution in [-0.2, 0) is 25.6 Å². The molecule has 2 amide bonds. The van der Waals surface area contributed by atoms with Crippen LogP contribution in [0.1, 0.15) is 23.0 Å². The first-order valence-electron chi connectivity index (χ1n) is 7.07. The second kappa shape index (κ2) is 7.60. The Balaban J connectivity index is 2.20. The predicted octanol–water partition coefficient (Wildman–Crippen LogP) is 2.01. The molecule has 0 aliphatic carbocycles. The van der Waals surface area contributed by atoms with Crippen molar-refractivity contribution in [2.45, 2.75) is 19.6 Å². The summed E-state index contributed by atoms with van der Waals surface area (Å²) in [6.07, 6.45) is -2.15. The van der Waals surface area contributed by atoms with Gasteiger partial charge in [0.1, 0.15) is 5.58 Å². The molecule has 8 nitrogen and oxygen atoms in total. The molecule has 8 heteroatoms. The highest BCUT2D eigenvalue weighted by molar-refractivity contribution is 5.99. The molecule has 0 bridgehead atoms. The van der Waals surface area contributed by atoms with Crippen LogP contribution in [0.5, 0.6) is 0 Å². The fraction of sp³-hybridized carbons (Fsp3) is 0.312. The molecule has 0 fully saturated rings. The van der Waals surface area contributed by atoms with Crippen molar-refractivity contribution in [2.75, 3.05) is 14.2 Å². The van der Waals surface area contributed by atoms with Crippen LogP contribution in [0.4, 0.5) is 4.79 Å². The lowest BCUT2D eigenvalue weighted by Crippen LogP contribution is -2.39. The smallest absolute Gasteiger partial charge is 0.413 e. The predicted molar refractivity (Wildman–Crippen MR) is 82.4 cm³/mol. The fourth-order valence-corrected chi connectivity index (χ4v) is 2.07. The van der Waals surface area contributed by atoms with Crippen molar-refractivity contribution in [3.8, 4) is 0 Å². The van der Waals surface area contributed by atoms with E-state index in [1.165, 1.54) is 14.0 Å². The minimum atomic E-state index is -1.21. The van der Waals surface area contributed by atoms with E-state index in [-0.39, 0.29) is 12.4 Å². The molecule has 0 radical (unpaired) electrons. The number of ether oxygens (including phenoxy) is 3. The maximum Gasteiger partial charge on any atom is 0.413 e. The molecule has 0 saturated heterocycles. The number of hydrogen-bond donors (Lipinski definition) is 1. The summed E-state index contributed by atoms with van der Waals surface area (Å²) < 4.78 is 20.0. The molecule has 2 rings (SSSR count). The highest BCUT2D eigenvalue weighted by atomic mass is 16.6. The Morgan fingerprint density at radius 3 is 2.58 bits per heavy atom. The van der Waals surface area contributed by atoms with E-state index in [0.29, 0.717) is 11.1 Å². The minimum absolute atomic E-state index is 0.0456. The van der Waals surface area contributed by atoms with E-state index in [4.69, 9.17) is 13.9 Å². The number of alkyl carbamates (subject to hydrolysis) is 1. The molecule has 1 aromatic carbocycles. The van der Waals surface area contributed by atoms with Crippen molar-refractivity contribution in [2.24, 2.45) is 0 Å². The molecule has 0 saturated carbocycles. The van der Waals surface area contributed by atoms with E-state index in [2.05, 4.69) is 4.74 Å². The van der Waals surface area contributed by atoms with E-state index in [1.807, 2.05) is 5.32 Å². The van der Waals surface area contributed by atoms with Crippen LogP contribution in [0, 0.1) is 0 Å². The molecule has 0 unspecified atom stereocenters. The maximum absolute atomic E-state index is 12.3. The van der Waals surface area contributed by atoms with Gasteiger partial charge in [0.15, 0.2) is 6.10 Å². The van der Waals surface area contributed by atoms with Gasteiger partial charge < -0.3 is 18.6 Å². The van der Waals surface area contributed by atoms with Gasteiger partial charge in [-0.1, -0.05) is 18.2 Å². The van der Waals surface area contributed by atoms with Crippen LogP contribution >= 0.6 is 0 Å². The van der Waals surface area contributed by atoms with Gasteiger partial charge in [-0.2, -0.15) is 0 Å². The van der Waals surface area contributed by atoms with E-state index in [0.717, 1.165) is 12.5 Å². The van der Waals surface area contributed by atoms with Crippen LogP contribution in [0.25, 0.3) is 11.0 Å². The number of amides is 2. The zero-order chi connectivity index (χ0) is 17.7. The second-order valence-corrected chi connectivity index (χ2v) is 4.87. The fourth-order valence-electron chi connectivity index (χ4n) is 2.07. The number of imide groups is 1. The number of furan rings is 1. The Bertz CT molecular complexity index is 765. The van der Waals surface area contributed by atoms with Gasteiger partial charge in [0, 0.05) is 18.1 Å². The Kier molecular flexibility index (Phi) is 5.54. The summed E-state index contributed by atoms with van der Waals surface area (Å²) in [5.41, 5.74) is 1.03. The van der Waals surface area contributed by atoms with Crippen LogP contribution in [-0.4, -0.2) is 38.3 Å². The largest absolute Gasteiger partial charge is 0.453 e. The first-order chi connectivity index (χ1) is 11.5. The molecule has 0 spiro atoms. The zero-order valence-corrected chi connectivity index (χ0v) is 13.5. The lowest BCUT2D eigenvalue weighted by molar-refractivity contribution is -0.128. The molecule has 1 heterocycles. The summed E-state index contributed by atoms with van der Waals surface area (Å²) in [4.78, 5) is 35.0. The second-order valence-electron chi connectivity index (χ2n) is 4.87. The molecule has 0 aliphatic rings. The molecular formula is C16H17NO7. The van der Waals surface area contributed by atoms with Crippen molar-refractivity contribution in [3.63, 3.8) is 0 Å². The number of nitrogens with one attached hydrogen (secondary N) is 1. The standard InChI is InChI=1S/C16H17NO7/c1-9(14(18)17-16(20)22-3)23-15(19)13-11(8-21-2)10-6-4-5-7-12(10)24-13/h4-7,9H,8H2,1-3H3,(H,17,18,20)/t9-/m0/s1. The summed E-state index contributed by atoms with van der Waals surface area (Å²) in [5.74, 6) is -1.68. The number of fused-ring (bicyclic) bond motifs is 1. The van der Waals surface area contributed by atoms with Gasteiger partial charge in [0.25, 0.3) is 5.91 Å². The topological polar surface area (TPSA) is 104 Å². The van der Waals surface area contributed by atoms with E-state index in [9.17, 15) is 14.4 Å². The summed E-state index contributed by atoms with van der Waals surface area (Å²) in [6.45, 7) is 1.47. The average molecular weight is 335 g/mol. The van der Waals surface area contributed by atoms with Gasteiger partial charge in [-0.15, -0.1) is 0 Å². The summed E-state index contributed by atoms with van der Waals surface area (Å²) >= 11 is 0. The Labute approximate surface area is 137 Å². The number of rotatable bonds is 5.